The predicted octanol–water partition coefficient (Wildman–Crippen LogP) is 3.45. The fraction of sp³-hybridized carbons (Fsp3) is 0.424. The summed E-state index contributed by atoms with van der Waals surface area (Å²) in [5, 5.41) is 20.3. The number of aryl methyl sites for hydroxylation is 1. The summed E-state index contributed by atoms with van der Waals surface area (Å²) in [7, 11) is 1.52. The van der Waals surface area contributed by atoms with Crippen LogP contribution in [0.3, 0.4) is 0 Å². The van der Waals surface area contributed by atoms with E-state index in [1.807, 2.05) is 25.1 Å². The molecule has 2 fully saturated rings. The van der Waals surface area contributed by atoms with Crippen LogP contribution >= 0.6 is 0 Å². The lowest BCUT2D eigenvalue weighted by atomic mass is 9.94. The van der Waals surface area contributed by atoms with Crippen molar-refractivity contribution in [3.63, 3.8) is 0 Å². The minimum atomic E-state index is -1.22. The fourth-order valence-electron chi connectivity index (χ4n) is 5.92. The lowest BCUT2D eigenvalue weighted by Gasteiger charge is -2.31. The van der Waals surface area contributed by atoms with Crippen LogP contribution in [0.5, 0.6) is 0 Å². The number of carbonyl (C=O) groups excluding carboxylic acids is 4. The van der Waals surface area contributed by atoms with E-state index in [2.05, 4.69) is 22.0 Å². The summed E-state index contributed by atoms with van der Waals surface area (Å²) in [6, 6.07) is 14.9. The second-order valence-electron chi connectivity index (χ2n) is 11.4. The number of nitrogens with zero attached hydrogens (tertiary/aromatic N) is 3. The largest absolute Gasteiger partial charge is 0.461 e. The Balaban J connectivity index is 1.41. The third-order valence-electron chi connectivity index (χ3n) is 8.32. The highest BCUT2D eigenvalue weighted by molar-refractivity contribution is 6.01. The second-order valence-corrected chi connectivity index (χ2v) is 11.4. The number of hydrogen-bond acceptors (Lipinski definition) is 8. The molecule has 3 atom stereocenters. The number of anilines is 1. The smallest absolute Gasteiger partial charge is 0.251 e. The quantitative estimate of drug-likeness (QED) is 0.238. The van der Waals surface area contributed by atoms with Crippen LogP contribution in [0.1, 0.15) is 58.6 Å². The second kappa shape index (κ2) is 13.7. The molecule has 2 saturated heterocycles. The van der Waals surface area contributed by atoms with Crippen molar-refractivity contribution in [2.45, 2.75) is 51.2 Å². The van der Waals surface area contributed by atoms with Gasteiger partial charge >= 0.3 is 0 Å². The van der Waals surface area contributed by atoms with Crippen molar-refractivity contribution < 1.29 is 23.6 Å². The zero-order chi connectivity index (χ0) is 31.2. The van der Waals surface area contributed by atoms with Crippen molar-refractivity contribution in [3.05, 3.63) is 65.4 Å². The first-order valence-corrected chi connectivity index (χ1v) is 15.1. The average Bonchev–Trinajstić information content (AvgIpc) is 3.67. The predicted molar refractivity (Wildman–Crippen MR) is 165 cm³/mol. The Kier molecular flexibility index (Phi) is 9.60. The number of amides is 3. The molecule has 2 aliphatic rings. The van der Waals surface area contributed by atoms with Crippen LogP contribution in [0, 0.1) is 24.2 Å². The summed E-state index contributed by atoms with van der Waals surface area (Å²) < 4.78 is 5.70. The van der Waals surface area contributed by atoms with Gasteiger partial charge in [0.25, 0.3) is 5.91 Å². The van der Waals surface area contributed by atoms with E-state index in [0.717, 1.165) is 36.8 Å². The monoisotopic (exact) mass is 598 g/mol. The van der Waals surface area contributed by atoms with Crippen molar-refractivity contribution in [2.75, 3.05) is 38.5 Å². The Hall–Kier alpha value is -4.69. The van der Waals surface area contributed by atoms with Gasteiger partial charge in [0.05, 0.1) is 18.7 Å². The standard InChI is InChI=1S/C33H38N6O5/c1-21-17-24-18-25(12-13-28(24)44-21)36-31(26(19-34)30(41)22-8-10-23(11-9-22)32(42)35-2)37-27-7-3-4-16-39(33(27)43)20-29(40)38-14-5-6-15-38/h8-13,17-18,26-27,31,36-37H,3-7,14-16,20H2,1-2H3,(H,35,42)/t26?,27-,31?/m0/s1. The molecule has 44 heavy (non-hydrogen) atoms. The SMILES string of the molecule is CNC(=O)c1ccc(C(=O)C(C#N)C(Nc2ccc3oc(C)cc3c2)N[C@H]2CCCCN(CC(=O)N3CCCC3)C2=O)cc1. The van der Waals surface area contributed by atoms with Gasteiger partial charge in [0.1, 0.15) is 23.4 Å². The van der Waals surface area contributed by atoms with Crippen LogP contribution < -0.4 is 16.0 Å². The Morgan fingerprint density at radius 3 is 2.41 bits per heavy atom. The number of Topliss-reactive ketones (excluding diaryl/α,β-unsaturated/α-hetero) is 1. The van der Waals surface area contributed by atoms with Gasteiger partial charge in [-0.05, 0) is 75.4 Å². The van der Waals surface area contributed by atoms with E-state index in [1.54, 1.807) is 15.9 Å². The summed E-state index contributed by atoms with van der Waals surface area (Å²) in [5.41, 5.74) is 2.00. The molecule has 0 saturated carbocycles. The van der Waals surface area contributed by atoms with Gasteiger partial charge in [0.15, 0.2) is 5.78 Å². The summed E-state index contributed by atoms with van der Waals surface area (Å²) in [4.78, 5) is 55.9. The normalized spacial score (nSPS) is 18.4. The molecule has 3 amide bonds. The Bertz CT molecular complexity index is 1570. The molecular formula is C33H38N6O5. The summed E-state index contributed by atoms with van der Waals surface area (Å²) in [6.45, 7) is 3.78. The van der Waals surface area contributed by atoms with E-state index in [9.17, 15) is 24.4 Å². The maximum atomic E-state index is 13.8. The average molecular weight is 599 g/mol. The maximum Gasteiger partial charge on any atom is 0.251 e. The number of rotatable bonds is 10. The van der Waals surface area contributed by atoms with Crippen LogP contribution in [0.15, 0.2) is 52.9 Å². The lowest BCUT2D eigenvalue weighted by molar-refractivity contribution is -0.140. The molecule has 0 bridgehead atoms. The van der Waals surface area contributed by atoms with Crippen LogP contribution in [0.25, 0.3) is 11.0 Å². The molecule has 11 nitrogen and oxygen atoms in total. The van der Waals surface area contributed by atoms with Gasteiger partial charge in [-0.1, -0.05) is 12.1 Å². The van der Waals surface area contributed by atoms with E-state index in [0.29, 0.717) is 42.9 Å². The molecular weight excluding hydrogens is 560 g/mol. The zero-order valence-corrected chi connectivity index (χ0v) is 25.1. The molecule has 230 valence electrons. The van der Waals surface area contributed by atoms with Gasteiger partial charge in [0, 0.05) is 48.9 Å². The number of benzene rings is 2. The molecule has 2 aromatic carbocycles. The number of hydrogen-bond donors (Lipinski definition) is 3. The lowest BCUT2D eigenvalue weighted by Crippen LogP contribution is -2.55. The fourth-order valence-corrected chi connectivity index (χ4v) is 5.92. The maximum absolute atomic E-state index is 13.8. The molecule has 1 aromatic heterocycles. The summed E-state index contributed by atoms with van der Waals surface area (Å²) in [6.07, 6.45) is 3.00. The van der Waals surface area contributed by atoms with E-state index in [1.165, 1.54) is 31.3 Å². The molecule has 11 heteroatoms. The zero-order valence-electron chi connectivity index (χ0n) is 25.1. The van der Waals surface area contributed by atoms with E-state index in [4.69, 9.17) is 4.42 Å². The molecule has 0 aliphatic carbocycles. The van der Waals surface area contributed by atoms with Crippen LogP contribution in [0.4, 0.5) is 5.69 Å². The first kappa shape index (κ1) is 30.8. The van der Waals surface area contributed by atoms with E-state index in [-0.39, 0.29) is 29.8 Å². The minimum absolute atomic E-state index is 0.0178. The highest BCUT2D eigenvalue weighted by atomic mass is 16.3. The molecule has 3 heterocycles. The van der Waals surface area contributed by atoms with Gasteiger partial charge in [-0.3, -0.25) is 24.5 Å². The number of ketones is 1. The molecule has 3 N–H and O–H groups in total. The Morgan fingerprint density at radius 2 is 1.70 bits per heavy atom. The van der Waals surface area contributed by atoms with E-state index >= 15 is 0 Å². The van der Waals surface area contributed by atoms with Crippen LogP contribution in [-0.2, 0) is 9.59 Å². The van der Waals surface area contributed by atoms with Crippen molar-refractivity contribution in [2.24, 2.45) is 5.92 Å². The first-order valence-electron chi connectivity index (χ1n) is 15.1. The summed E-state index contributed by atoms with van der Waals surface area (Å²) in [5.74, 6) is -1.49. The van der Waals surface area contributed by atoms with Gasteiger partial charge < -0.3 is 24.9 Å². The molecule has 2 unspecified atom stereocenters. The van der Waals surface area contributed by atoms with Gasteiger partial charge in [-0.15, -0.1) is 0 Å². The molecule has 3 aromatic rings. The van der Waals surface area contributed by atoms with Crippen LogP contribution in [-0.4, -0.2) is 78.7 Å². The van der Waals surface area contributed by atoms with Gasteiger partial charge in [0.2, 0.25) is 11.8 Å². The number of fused-ring (bicyclic) bond motifs is 1. The third-order valence-corrected chi connectivity index (χ3v) is 8.32. The van der Waals surface area contributed by atoms with Crippen molar-refractivity contribution in [1.82, 2.24) is 20.4 Å². The highest BCUT2D eigenvalue weighted by Crippen LogP contribution is 2.25. The highest BCUT2D eigenvalue weighted by Gasteiger charge is 2.36. The number of likely N-dealkylation sites (tertiary alicyclic amines) is 2. The van der Waals surface area contributed by atoms with Gasteiger partial charge in [-0.25, -0.2) is 0 Å². The minimum Gasteiger partial charge on any atom is -0.461 e. The number of furan rings is 1. The van der Waals surface area contributed by atoms with Gasteiger partial charge in [-0.2, -0.15) is 5.26 Å². The Morgan fingerprint density at radius 1 is 1.00 bits per heavy atom. The molecule has 5 rings (SSSR count). The molecule has 0 spiro atoms. The number of carbonyl (C=O) groups is 4. The third kappa shape index (κ3) is 6.92. The number of nitriles is 1. The molecule has 0 radical (unpaired) electrons. The topological polar surface area (TPSA) is 148 Å². The van der Waals surface area contributed by atoms with Crippen molar-refractivity contribution >= 4 is 40.2 Å². The summed E-state index contributed by atoms with van der Waals surface area (Å²) >= 11 is 0. The Labute approximate surface area is 256 Å². The van der Waals surface area contributed by atoms with Crippen molar-refractivity contribution in [3.8, 4) is 6.07 Å². The van der Waals surface area contributed by atoms with Crippen molar-refractivity contribution in [1.29, 1.82) is 5.26 Å². The first-order chi connectivity index (χ1) is 21.3. The van der Waals surface area contributed by atoms with E-state index < -0.39 is 23.9 Å². The molecule has 2 aliphatic heterocycles. The van der Waals surface area contributed by atoms with Crippen LogP contribution in [0.2, 0.25) is 0 Å². The number of nitrogens with one attached hydrogen (secondary N) is 3.